The molecule has 1 N–H and O–H groups in total. The monoisotopic (exact) mass is 332 g/mol. The first-order valence-corrected chi connectivity index (χ1v) is 8.90. The maximum Gasteiger partial charge on any atom is 0.261 e. The zero-order valence-corrected chi connectivity index (χ0v) is 14.2. The molecule has 0 radical (unpaired) electrons. The predicted octanol–water partition coefficient (Wildman–Crippen LogP) is 3.99. The number of aryl methyl sites for hydroxylation is 3. The Bertz CT molecular complexity index is 812. The van der Waals surface area contributed by atoms with E-state index >= 15 is 0 Å². The molecule has 0 aromatic heterocycles. The standard InChI is InChI=1S/C16H16N2O2S2/c1-11-4-6-15(7-5-11)22(19,20)18-16-12(2)8-14(21-10-17)9-13(16)3/h4-9,18H,1-3H3. The van der Waals surface area contributed by atoms with Crippen LogP contribution in [0.25, 0.3) is 0 Å². The Morgan fingerprint density at radius 2 is 1.59 bits per heavy atom. The highest BCUT2D eigenvalue weighted by molar-refractivity contribution is 8.03. The lowest BCUT2D eigenvalue weighted by Gasteiger charge is -2.14. The molecular weight excluding hydrogens is 316 g/mol. The number of thioether (sulfide) groups is 1. The highest BCUT2D eigenvalue weighted by atomic mass is 32.2. The zero-order valence-electron chi connectivity index (χ0n) is 12.5. The molecule has 0 spiro atoms. The van der Waals surface area contributed by atoms with Crippen LogP contribution in [0.5, 0.6) is 0 Å². The van der Waals surface area contributed by atoms with Gasteiger partial charge in [0.05, 0.1) is 10.6 Å². The van der Waals surface area contributed by atoms with Crippen molar-refractivity contribution in [2.24, 2.45) is 0 Å². The van der Waals surface area contributed by atoms with E-state index in [4.69, 9.17) is 5.26 Å². The fourth-order valence-electron chi connectivity index (χ4n) is 2.11. The summed E-state index contributed by atoms with van der Waals surface area (Å²) in [6.07, 6.45) is 0. The SMILES string of the molecule is Cc1ccc(S(=O)(=O)Nc2c(C)cc(SC#N)cc2C)cc1. The molecule has 6 heteroatoms. The third kappa shape index (κ3) is 3.62. The summed E-state index contributed by atoms with van der Waals surface area (Å²) < 4.78 is 27.6. The van der Waals surface area contributed by atoms with E-state index in [-0.39, 0.29) is 4.90 Å². The van der Waals surface area contributed by atoms with Crippen LogP contribution in [0, 0.1) is 31.4 Å². The smallest absolute Gasteiger partial charge is 0.261 e. The Balaban J connectivity index is 2.38. The topological polar surface area (TPSA) is 70.0 Å². The van der Waals surface area contributed by atoms with Gasteiger partial charge in [-0.05, 0) is 67.9 Å². The van der Waals surface area contributed by atoms with Crippen LogP contribution in [0.3, 0.4) is 0 Å². The summed E-state index contributed by atoms with van der Waals surface area (Å²) in [7, 11) is -3.62. The summed E-state index contributed by atoms with van der Waals surface area (Å²) in [6.45, 7) is 5.55. The fraction of sp³-hybridized carbons (Fsp3) is 0.188. The van der Waals surface area contributed by atoms with Crippen molar-refractivity contribution in [2.75, 3.05) is 4.72 Å². The van der Waals surface area contributed by atoms with E-state index in [9.17, 15) is 8.42 Å². The Labute approximate surface area is 135 Å². The van der Waals surface area contributed by atoms with E-state index in [1.54, 1.807) is 36.4 Å². The number of nitrogens with zero attached hydrogens (tertiary/aromatic N) is 1. The number of anilines is 1. The quantitative estimate of drug-likeness (QED) is 0.679. The molecule has 0 saturated heterocycles. The highest BCUT2D eigenvalue weighted by Gasteiger charge is 2.17. The number of nitrogens with one attached hydrogen (secondary N) is 1. The van der Waals surface area contributed by atoms with E-state index in [0.717, 1.165) is 33.3 Å². The van der Waals surface area contributed by atoms with Crippen molar-refractivity contribution in [2.45, 2.75) is 30.6 Å². The lowest BCUT2D eigenvalue weighted by molar-refractivity contribution is 0.601. The normalized spacial score (nSPS) is 11.0. The highest BCUT2D eigenvalue weighted by Crippen LogP contribution is 2.29. The molecule has 0 saturated carbocycles. The fourth-order valence-corrected chi connectivity index (χ4v) is 3.89. The molecule has 4 nitrogen and oxygen atoms in total. The summed E-state index contributed by atoms with van der Waals surface area (Å²) in [4.78, 5) is 1.03. The van der Waals surface area contributed by atoms with E-state index in [0.29, 0.717) is 5.69 Å². The van der Waals surface area contributed by atoms with Crippen molar-refractivity contribution in [1.29, 1.82) is 5.26 Å². The van der Waals surface area contributed by atoms with Gasteiger partial charge < -0.3 is 0 Å². The molecule has 0 aliphatic rings. The molecule has 0 amide bonds. The number of thiocyanates is 1. The van der Waals surface area contributed by atoms with Crippen LogP contribution >= 0.6 is 11.8 Å². The Morgan fingerprint density at radius 3 is 2.09 bits per heavy atom. The van der Waals surface area contributed by atoms with Gasteiger partial charge in [0, 0.05) is 4.90 Å². The molecule has 0 atom stereocenters. The maximum atomic E-state index is 12.5. The van der Waals surface area contributed by atoms with Crippen LogP contribution < -0.4 is 4.72 Å². The largest absolute Gasteiger partial charge is 0.279 e. The van der Waals surface area contributed by atoms with Crippen molar-refractivity contribution < 1.29 is 8.42 Å². The number of hydrogen-bond donors (Lipinski definition) is 1. The molecule has 2 aromatic rings. The number of benzene rings is 2. The average Bonchev–Trinajstić information content (AvgIpc) is 2.44. The second-order valence-corrected chi connectivity index (χ2v) is 7.58. The second-order valence-electron chi connectivity index (χ2n) is 5.04. The third-order valence-corrected chi connectivity index (χ3v) is 5.17. The van der Waals surface area contributed by atoms with E-state index in [1.807, 2.05) is 26.2 Å². The predicted molar refractivity (Wildman–Crippen MR) is 89.4 cm³/mol. The molecule has 0 aliphatic carbocycles. The van der Waals surface area contributed by atoms with Crippen LogP contribution in [-0.4, -0.2) is 8.42 Å². The van der Waals surface area contributed by atoms with Gasteiger partial charge in [0.1, 0.15) is 5.40 Å². The average molecular weight is 332 g/mol. The minimum atomic E-state index is -3.62. The first-order chi connectivity index (χ1) is 10.3. The van der Waals surface area contributed by atoms with Gasteiger partial charge in [0.2, 0.25) is 0 Å². The minimum absolute atomic E-state index is 0.229. The molecule has 0 fully saturated rings. The van der Waals surface area contributed by atoms with Gasteiger partial charge in [0.25, 0.3) is 10.0 Å². The van der Waals surface area contributed by atoms with Crippen LogP contribution in [0.1, 0.15) is 16.7 Å². The Kier molecular flexibility index (Phi) is 4.79. The molecule has 114 valence electrons. The summed E-state index contributed by atoms with van der Waals surface area (Å²) in [6, 6.07) is 10.3. The maximum absolute atomic E-state index is 12.5. The third-order valence-electron chi connectivity index (χ3n) is 3.24. The molecular formula is C16H16N2O2S2. The minimum Gasteiger partial charge on any atom is -0.279 e. The van der Waals surface area contributed by atoms with Crippen molar-refractivity contribution in [3.8, 4) is 5.40 Å². The van der Waals surface area contributed by atoms with Gasteiger partial charge in [-0.2, -0.15) is 5.26 Å². The van der Waals surface area contributed by atoms with Gasteiger partial charge in [-0.1, -0.05) is 17.7 Å². The van der Waals surface area contributed by atoms with Crippen molar-refractivity contribution in [1.82, 2.24) is 0 Å². The summed E-state index contributed by atoms with van der Waals surface area (Å²) in [5.41, 5.74) is 3.13. The molecule has 0 aliphatic heterocycles. The van der Waals surface area contributed by atoms with Gasteiger partial charge in [-0.15, -0.1) is 0 Å². The zero-order chi connectivity index (χ0) is 16.3. The number of nitriles is 1. The number of sulfonamides is 1. The van der Waals surface area contributed by atoms with Crippen molar-refractivity contribution in [3.05, 3.63) is 53.1 Å². The molecule has 2 aromatic carbocycles. The number of rotatable bonds is 4. The molecule has 2 rings (SSSR count). The van der Waals surface area contributed by atoms with Gasteiger partial charge >= 0.3 is 0 Å². The van der Waals surface area contributed by atoms with Crippen molar-refractivity contribution in [3.63, 3.8) is 0 Å². The molecule has 22 heavy (non-hydrogen) atoms. The van der Waals surface area contributed by atoms with E-state index < -0.39 is 10.0 Å². The molecule has 0 unspecified atom stereocenters. The lowest BCUT2D eigenvalue weighted by atomic mass is 10.1. The van der Waals surface area contributed by atoms with Gasteiger partial charge in [-0.25, -0.2) is 8.42 Å². The first-order valence-electron chi connectivity index (χ1n) is 6.60. The molecule has 0 bridgehead atoms. The lowest BCUT2D eigenvalue weighted by Crippen LogP contribution is -2.14. The van der Waals surface area contributed by atoms with Crippen molar-refractivity contribution >= 4 is 27.5 Å². The summed E-state index contributed by atoms with van der Waals surface area (Å²) >= 11 is 1.06. The van der Waals surface area contributed by atoms with Crippen LogP contribution in [0.2, 0.25) is 0 Å². The van der Waals surface area contributed by atoms with E-state index in [1.165, 1.54) is 0 Å². The van der Waals surface area contributed by atoms with Crippen LogP contribution in [0.15, 0.2) is 46.2 Å². The van der Waals surface area contributed by atoms with Crippen LogP contribution in [-0.2, 0) is 10.0 Å². The first kappa shape index (κ1) is 16.4. The van der Waals surface area contributed by atoms with Crippen LogP contribution in [0.4, 0.5) is 5.69 Å². The molecule has 0 heterocycles. The second kappa shape index (κ2) is 6.42. The summed E-state index contributed by atoms with van der Waals surface area (Å²) in [5, 5.41) is 10.7. The van der Waals surface area contributed by atoms with Gasteiger partial charge in [-0.3, -0.25) is 4.72 Å². The van der Waals surface area contributed by atoms with E-state index in [2.05, 4.69) is 4.72 Å². The Hall–Kier alpha value is -1.97. The van der Waals surface area contributed by atoms with Gasteiger partial charge in [0.15, 0.2) is 0 Å². The summed E-state index contributed by atoms with van der Waals surface area (Å²) in [5.74, 6) is 0. The number of hydrogen-bond acceptors (Lipinski definition) is 4. The Morgan fingerprint density at radius 1 is 1.05 bits per heavy atom.